The number of benzene rings is 2. The zero-order chi connectivity index (χ0) is 16.4. The van der Waals surface area contributed by atoms with Gasteiger partial charge in [0.2, 0.25) is 0 Å². The normalized spacial score (nSPS) is 10.9. The molecule has 0 saturated carbocycles. The number of phenols is 1. The fourth-order valence-electron chi connectivity index (χ4n) is 2.48. The Kier molecular flexibility index (Phi) is 4.46. The van der Waals surface area contributed by atoms with Crippen LogP contribution in [-0.4, -0.2) is 22.5 Å². The monoisotopic (exact) mass is 348 g/mol. The van der Waals surface area contributed by atoms with Crippen molar-refractivity contribution in [1.82, 2.24) is 10.3 Å². The predicted molar refractivity (Wildman–Crippen MR) is 92.5 cm³/mol. The summed E-state index contributed by atoms with van der Waals surface area (Å²) in [7, 11) is 0. The van der Waals surface area contributed by atoms with E-state index in [4.69, 9.17) is 23.2 Å². The van der Waals surface area contributed by atoms with Crippen molar-refractivity contribution in [3.05, 3.63) is 63.8 Å². The van der Waals surface area contributed by atoms with E-state index in [-0.39, 0.29) is 17.2 Å². The highest BCUT2D eigenvalue weighted by atomic mass is 35.5. The van der Waals surface area contributed by atoms with E-state index < -0.39 is 0 Å². The molecule has 1 heterocycles. The standard InChI is InChI=1S/C17H14Cl2N2O2/c18-11-4-5-15(22)13(8-11)17(23)20-7-6-10-9-21-16-12(10)2-1-3-14(16)19/h1-5,8-9,21-22H,6-7H2,(H,20,23). The van der Waals surface area contributed by atoms with Crippen LogP contribution < -0.4 is 5.32 Å². The Labute approximate surface area is 143 Å². The van der Waals surface area contributed by atoms with Crippen molar-refractivity contribution in [3.63, 3.8) is 0 Å². The Morgan fingerprint density at radius 2 is 2.04 bits per heavy atom. The van der Waals surface area contributed by atoms with Crippen LogP contribution in [0.25, 0.3) is 10.9 Å². The highest BCUT2D eigenvalue weighted by molar-refractivity contribution is 6.35. The largest absolute Gasteiger partial charge is 0.507 e. The molecule has 23 heavy (non-hydrogen) atoms. The molecule has 0 unspecified atom stereocenters. The Morgan fingerprint density at radius 1 is 1.22 bits per heavy atom. The number of nitrogens with one attached hydrogen (secondary N) is 2. The molecular formula is C17H14Cl2N2O2. The third kappa shape index (κ3) is 3.28. The summed E-state index contributed by atoms with van der Waals surface area (Å²) in [5.74, 6) is -0.450. The summed E-state index contributed by atoms with van der Waals surface area (Å²) in [6.07, 6.45) is 2.53. The van der Waals surface area contributed by atoms with Crippen molar-refractivity contribution in [3.8, 4) is 5.75 Å². The van der Waals surface area contributed by atoms with Crippen molar-refractivity contribution >= 4 is 40.0 Å². The van der Waals surface area contributed by atoms with E-state index >= 15 is 0 Å². The Hall–Kier alpha value is -2.17. The second kappa shape index (κ2) is 6.52. The molecule has 0 aliphatic rings. The predicted octanol–water partition coefficient (Wildman–Crippen LogP) is 4.15. The summed E-state index contributed by atoms with van der Waals surface area (Å²) in [5, 5.41) is 14.6. The summed E-state index contributed by atoms with van der Waals surface area (Å²) in [5.41, 5.74) is 2.13. The molecular weight excluding hydrogens is 335 g/mol. The maximum absolute atomic E-state index is 12.1. The fraction of sp³-hybridized carbons (Fsp3) is 0.118. The molecule has 3 aromatic rings. The number of para-hydroxylation sites is 1. The third-order valence-electron chi connectivity index (χ3n) is 3.63. The molecule has 0 atom stereocenters. The molecule has 0 aliphatic heterocycles. The van der Waals surface area contributed by atoms with Crippen LogP contribution in [0.1, 0.15) is 15.9 Å². The van der Waals surface area contributed by atoms with Crippen LogP contribution in [0.15, 0.2) is 42.6 Å². The molecule has 4 nitrogen and oxygen atoms in total. The first-order valence-electron chi connectivity index (χ1n) is 7.07. The van der Waals surface area contributed by atoms with Gasteiger partial charge >= 0.3 is 0 Å². The molecule has 3 rings (SSSR count). The fourth-order valence-corrected chi connectivity index (χ4v) is 2.88. The number of H-pyrrole nitrogens is 1. The molecule has 0 saturated heterocycles. The molecule has 0 fully saturated rings. The van der Waals surface area contributed by atoms with Gasteiger partial charge in [-0.15, -0.1) is 0 Å². The van der Waals surface area contributed by atoms with Crippen LogP contribution >= 0.6 is 23.2 Å². The minimum Gasteiger partial charge on any atom is -0.507 e. The maximum atomic E-state index is 12.1. The number of aromatic hydroxyl groups is 1. The topological polar surface area (TPSA) is 65.1 Å². The van der Waals surface area contributed by atoms with Crippen molar-refractivity contribution in [2.24, 2.45) is 0 Å². The Bertz CT molecular complexity index is 874. The van der Waals surface area contributed by atoms with Crippen LogP contribution in [-0.2, 0) is 6.42 Å². The summed E-state index contributed by atoms with van der Waals surface area (Å²) in [6.45, 7) is 0.435. The van der Waals surface area contributed by atoms with E-state index in [0.29, 0.717) is 23.0 Å². The van der Waals surface area contributed by atoms with Crippen molar-refractivity contribution in [2.75, 3.05) is 6.54 Å². The van der Waals surface area contributed by atoms with E-state index in [0.717, 1.165) is 16.5 Å². The van der Waals surface area contributed by atoms with Crippen molar-refractivity contribution < 1.29 is 9.90 Å². The van der Waals surface area contributed by atoms with Gasteiger partial charge in [0.25, 0.3) is 5.91 Å². The number of fused-ring (bicyclic) bond motifs is 1. The first-order chi connectivity index (χ1) is 11.1. The number of rotatable bonds is 4. The summed E-state index contributed by atoms with van der Waals surface area (Å²) in [4.78, 5) is 15.2. The lowest BCUT2D eigenvalue weighted by Gasteiger charge is -2.07. The molecule has 0 radical (unpaired) electrons. The van der Waals surface area contributed by atoms with Gasteiger partial charge < -0.3 is 15.4 Å². The number of aromatic nitrogens is 1. The van der Waals surface area contributed by atoms with E-state index in [1.54, 1.807) is 0 Å². The van der Waals surface area contributed by atoms with Gasteiger partial charge in [0.1, 0.15) is 5.75 Å². The van der Waals surface area contributed by atoms with Crippen LogP contribution in [0, 0.1) is 0 Å². The Morgan fingerprint density at radius 3 is 2.87 bits per heavy atom. The molecule has 3 N–H and O–H groups in total. The van der Waals surface area contributed by atoms with Crippen molar-refractivity contribution in [1.29, 1.82) is 0 Å². The smallest absolute Gasteiger partial charge is 0.255 e. The third-order valence-corrected chi connectivity index (χ3v) is 4.18. The molecule has 2 aromatic carbocycles. The molecule has 0 aliphatic carbocycles. The first kappa shape index (κ1) is 15.7. The molecule has 118 valence electrons. The zero-order valence-corrected chi connectivity index (χ0v) is 13.6. The Balaban J connectivity index is 1.68. The van der Waals surface area contributed by atoms with Gasteiger partial charge in [0.15, 0.2) is 0 Å². The molecule has 0 bridgehead atoms. The van der Waals surface area contributed by atoms with Gasteiger partial charge in [-0.25, -0.2) is 0 Å². The highest BCUT2D eigenvalue weighted by Gasteiger charge is 2.12. The number of halogens is 2. The quantitative estimate of drug-likeness (QED) is 0.662. The summed E-state index contributed by atoms with van der Waals surface area (Å²) in [6, 6.07) is 10.1. The molecule has 0 spiro atoms. The first-order valence-corrected chi connectivity index (χ1v) is 7.83. The number of phenolic OH excluding ortho intramolecular Hbond substituents is 1. The van der Waals surface area contributed by atoms with Crippen molar-refractivity contribution in [2.45, 2.75) is 6.42 Å². The zero-order valence-electron chi connectivity index (χ0n) is 12.1. The highest BCUT2D eigenvalue weighted by Crippen LogP contribution is 2.25. The van der Waals surface area contributed by atoms with Gasteiger partial charge in [-0.1, -0.05) is 35.3 Å². The van der Waals surface area contributed by atoms with E-state index in [1.165, 1.54) is 18.2 Å². The lowest BCUT2D eigenvalue weighted by Crippen LogP contribution is -2.25. The lowest BCUT2D eigenvalue weighted by atomic mass is 10.1. The molecule has 1 amide bonds. The lowest BCUT2D eigenvalue weighted by molar-refractivity contribution is 0.0951. The number of aromatic amines is 1. The number of hydrogen-bond acceptors (Lipinski definition) is 2. The average Bonchev–Trinajstić information content (AvgIpc) is 2.94. The molecule has 1 aromatic heterocycles. The number of amides is 1. The summed E-state index contributed by atoms with van der Waals surface area (Å²) < 4.78 is 0. The van der Waals surface area contributed by atoms with Gasteiger partial charge in [0.05, 0.1) is 16.1 Å². The van der Waals surface area contributed by atoms with Gasteiger partial charge in [-0.05, 0) is 36.2 Å². The van der Waals surface area contributed by atoms with E-state index in [1.807, 2.05) is 24.4 Å². The van der Waals surface area contributed by atoms with Crippen LogP contribution in [0.5, 0.6) is 5.75 Å². The summed E-state index contributed by atoms with van der Waals surface area (Å²) >= 11 is 12.0. The van der Waals surface area contributed by atoms with Gasteiger partial charge in [-0.2, -0.15) is 0 Å². The number of hydrogen-bond donors (Lipinski definition) is 3. The van der Waals surface area contributed by atoms with E-state index in [9.17, 15) is 9.90 Å². The maximum Gasteiger partial charge on any atom is 0.255 e. The van der Waals surface area contributed by atoms with Gasteiger partial charge in [0, 0.05) is 23.2 Å². The van der Waals surface area contributed by atoms with E-state index in [2.05, 4.69) is 10.3 Å². The van der Waals surface area contributed by atoms with Crippen LogP contribution in [0.4, 0.5) is 0 Å². The van der Waals surface area contributed by atoms with Crippen LogP contribution in [0.3, 0.4) is 0 Å². The minimum atomic E-state index is -0.358. The molecule has 6 heteroatoms. The SMILES string of the molecule is O=C(NCCc1c[nH]c2c(Cl)cccc12)c1cc(Cl)ccc1O. The van der Waals surface area contributed by atoms with Crippen LogP contribution in [0.2, 0.25) is 10.0 Å². The second-order valence-corrected chi connectivity index (χ2v) is 5.99. The minimum absolute atomic E-state index is 0.0919. The number of carbonyl (C=O) groups is 1. The van der Waals surface area contributed by atoms with Gasteiger partial charge in [-0.3, -0.25) is 4.79 Å². The number of carbonyl (C=O) groups excluding carboxylic acids is 1. The average molecular weight is 349 g/mol. The second-order valence-electron chi connectivity index (χ2n) is 5.14.